The minimum Gasteiger partial charge on any atom is -0.334 e. The number of nitrogens with zero attached hydrogens (tertiary/aromatic N) is 3. The van der Waals surface area contributed by atoms with Crippen molar-refractivity contribution in [2.24, 2.45) is 7.05 Å². The predicted molar refractivity (Wildman–Crippen MR) is 103 cm³/mol. The van der Waals surface area contributed by atoms with Crippen LogP contribution in [0.4, 0.5) is 13.2 Å². The van der Waals surface area contributed by atoms with Gasteiger partial charge in [-0.2, -0.15) is 18.3 Å². The van der Waals surface area contributed by atoms with Gasteiger partial charge in [0.05, 0.1) is 16.8 Å². The van der Waals surface area contributed by atoms with Crippen molar-refractivity contribution in [2.45, 2.75) is 26.1 Å². The second-order valence-corrected chi connectivity index (χ2v) is 7.34. The van der Waals surface area contributed by atoms with Gasteiger partial charge in [0.25, 0.3) is 5.91 Å². The summed E-state index contributed by atoms with van der Waals surface area (Å²) in [5.41, 5.74) is 4.35. The number of hydrogen-bond acceptors (Lipinski definition) is 2. The molecule has 3 aromatic rings. The lowest BCUT2D eigenvalue weighted by molar-refractivity contribution is -0.137. The monoisotopic (exact) mass is 399 g/mol. The molecule has 0 bridgehead atoms. The highest BCUT2D eigenvalue weighted by Gasteiger charge is 2.30. The van der Waals surface area contributed by atoms with E-state index in [9.17, 15) is 18.0 Å². The molecule has 0 saturated carbocycles. The van der Waals surface area contributed by atoms with Crippen molar-refractivity contribution in [1.82, 2.24) is 14.7 Å². The molecule has 1 aromatic heterocycles. The van der Waals surface area contributed by atoms with Gasteiger partial charge in [-0.1, -0.05) is 24.3 Å². The molecule has 0 atom stereocenters. The zero-order valence-corrected chi connectivity index (χ0v) is 16.1. The van der Waals surface area contributed by atoms with Gasteiger partial charge in [-0.25, -0.2) is 0 Å². The van der Waals surface area contributed by atoms with Crippen LogP contribution in [0.3, 0.4) is 0 Å². The molecular formula is C22H20F3N3O. The SMILES string of the molecule is Cc1nn(C)cc1C(=O)N1CCc2ccc(-c3ccc(C(F)(F)F)cc3)cc2C1. The lowest BCUT2D eigenvalue weighted by Gasteiger charge is -2.29. The van der Waals surface area contributed by atoms with Gasteiger partial charge in [-0.05, 0) is 53.8 Å². The van der Waals surface area contributed by atoms with E-state index in [0.29, 0.717) is 29.9 Å². The third-order valence-corrected chi connectivity index (χ3v) is 5.30. The zero-order chi connectivity index (χ0) is 20.8. The number of carbonyl (C=O) groups is 1. The minimum atomic E-state index is -4.35. The highest BCUT2D eigenvalue weighted by Crippen LogP contribution is 2.32. The number of benzene rings is 2. The molecule has 2 aromatic carbocycles. The number of amides is 1. The third-order valence-electron chi connectivity index (χ3n) is 5.30. The van der Waals surface area contributed by atoms with Gasteiger partial charge < -0.3 is 4.90 Å². The number of alkyl halides is 3. The van der Waals surface area contributed by atoms with Crippen LogP contribution >= 0.6 is 0 Å². The molecule has 2 heterocycles. The summed E-state index contributed by atoms with van der Waals surface area (Å²) in [5.74, 6) is -0.0545. The Hall–Kier alpha value is -3.09. The molecule has 0 unspecified atom stereocenters. The van der Waals surface area contributed by atoms with E-state index in [1.807, 2.05) is 25.1 Å². The van der Waals surface area contributed by atoms with E-state index in [0.717, 1.165) is 35.2 Å². The van der Waals surface area contributed by atoms with Crippen LogP contribution in [0.2, 0.25) is 0 Å². The molecule has 1 aliphatic rings. The van der Waals surface area contributed by atoms with E-state index in [2.05, 4.69) is 5.10 Å². The summed E-state index contributed by atoms with van der Waals surface area (Å²) in [7, 11) is 1.78. The topological polar surface area (TPSA) is 38.1 Å². The molecule has 1 aliphatic heterocycles. The van der Waals surface area contributed by atoms with Gasteiger partial charge in [0.2, 0.25) is 0 Å². The Morgan fingerprint density at radius 3 is 2.34 bits per heavy atom. The van der Waals surface area contributed by atoms with Crippen LogP contribution in [0.25, 0.3) is 11.1 Å². The average molecular weight is 399 g/mol. The van der Waals surface area contributed by atoms with Crippen molar-refractivity contribution < 1.29 is 18.0 Å². The maximum absolute atomic E-state index is 12.9. The Labute approximate surface area is 166 Å². The summed E-state index contributed by atoms with van der Waals surface area (Å²) in [5, 5.41) is 4.24. The molecule has 1 amide bonds. The molecule has 0 saturated heterocycles. The molecule has 4 nitrogen and oxygen atoms in total. The second-order valence-electron chi connectivity index (χ2n) is 7.34. The van der Waals surface area contributed by atoms with Crippen LogP contribution in [-0.2, 0) is 26.2 Å². The summed E-state index contributed by atoms with van der Waals surface area (Å²) < 4.78 is 40.0. The summed E-state index contributed by atoms with van der Waals surface area (Å²) >= 11 is 0. The third kappa shape index (κ3) is 3.77. The fraction of sp³-hybridized carbons (Fsp3) is 0.273. The lowest BCUT2D eigenvalue weighted by atomic mass is 9.94. The Balaban J connectivity index is 1.59. The van der Waals surface area contributed by atoms with Crippen molar-refractivity contribution in [1.29, 1.82) is 0 Å². The molecule has 29 heavy (non-hydrogen) atoms. The zero-order valence-electron chi connectivity index (χ0n) is 16.1. The first-order valence-corrected chi connectivity index (χ1v) is 9.31. The first-order valence-electron chi connectivity index (χ1n) is 9.31. The van der Waals surface area contributed by atoms with Gasteiger partial charge in [0.1, 0.15) is 0 Å². The van der Waals surface area contributed by atoms with E-state index < -0.39 is 11.7 Å². The number of fused-ring (bicyclic) bond motifs is 1. The highest BCUT2D eigenvalue weighted by molar-refractivity contribution is 5.95. The Morgan fingerprint density at radius 1 is 1.03 bits per heavy atom. The van der Waals surface area contributed by atoms with E-state index in [-0.39, 0.29) is 5.91 Å². The van der Waals surface area contributed by atoms with Crippen LogP contribution < -0.4 is 0 Å². The van der Waals surface area contributed by atoms with Gasteiger partial charge in [-0.15, -0.1) is 0 Å². The van der Waals surface area contributed by atoms with Crippen LogP contribution in [0.15, 0.2) is 48.7 Å². The molecule has 0 fully saturated rings. The van der Waals surface area contributed by atoms with E-state index in [1.54, 1.807) is 22.8 Å². The van der Waals surface area contributed by atoms with Crippen LogP contribution in [0, 0.1) is 6.92 Å². The van der Waals surface area contributed by atoms with E-state index >= 15 is 0 Å². The second kappa shape index (κ2) is 7.06. The quantitative estimate of drug-likeness (QED) is 0.631. The van der Waals surface area contributed by atoms with Gasteiger partial charge in [0, 0.05) is 26.3 Å². The number of rotatable bonds is 2. The van der Waals surface area contributed by atoms with Crippen LogP contribution in [0.1, 0.15) is 32.7 Å². The maximum Gasteiger partial charge on any atom is 0.416 e. The fourth-order valence-corrected chi connectivity index (χ4v) is 3.74. The fourth-order valence-electron chi connectivity index (χ4n) is 3.74. The Bertz CT molecular complexity index is 1070. The molecule has 0 N–H and O–H groups in total. The largest absolute Gasteiger partial charge is 0.416 e. The minimum absolute atomic E-state index is 0.0545. The lowest BCUT2D eigenvalue weighted by Crippen LogP contribution is -2.36. The normalized spacial score (nSPS) is 14.0. The molecule has 0 aliphatic carbocycles. The maximum atomic E-state index is 12.9. The standard InChI is InChI=1S/C22H20F3N3O/c1-14-20(13-27(2)26-14)21(29)28-10-9-16-3-4-17(11-18(16)12-28)15-5-7-19(8-6-15)22(23,24)25/h3-8,11,13H,9-10,12H2,1-2H3. The Morgan fingerprint density at radius 2 is 1.72 bits per heavy atom. The van der Waals surface area contributed by atoms with Gasteiger partial charge >= 0.3 is 6.18 Å². The van der Waals surface area contributed by atoms with Crippen molar-refractivity contribution >= 4 is 5.91 Å². The summed E-state index contributed by atoms with van der Waals surface area (Å²) in [6.07, 6.45) is -1.88. The molecule has 7 heteroatoms. The number of halogens is 3. The molecular weight excluding hydrogens is 379 g/mol. The van der Waals surface area contributed by atoms with Crippen molar-refractivity contribution in [3.8, 4) is 11.1 Å². The highest BCUT2D eigenvalue weighted by atomic mass is 19.4. The van der Waals surface area contributed by atoms with E-state index in [1.165, 1.54) is 12.1 Å². The summed E-state index contributed by atoms with van der Waals surface area (Å²) in [6, 6.07) is 11.0. The van der Waals surface area contributed by atoms with Gasteiger partial charge in [-0.3, -0.25) is 9.48 Å². The van der Waals surface area contributed by atoms with Crippen LogP contribution in [-0.4, -0.2) is 27.1 Å². The molecule has 4 rings (SSSR count). The number of aromatic nitrogens is 2. The summed E-state index contributed by atoms with van der Waals surface area (Å²) in [4.78, 5) is 14.7. The Kier molecular flexibility index (Phi) is 4.68. The number of hydrogen-bond donors (Lipinski definition) is 0. The number of aryl methyl sites for hydroxylation is 2. The van der Waals surface area contributed by atoms with Crippen molar-refractivity contribution in [3.05, 3.63) is 76.6 Å². The van der Waals surface area contributed by atoms with E-state index in [4.69, 9.17) is 0 Å². The first-order chi connectivity index (χ1) is 13.7. The number of carbonyl (C=O) groups excluding carboxylic acids is 1. The average Bonchev–Trinajstić information content (AvgIpc) is 3.04. The van der Waals surface area contributed by atoms with Crippen LogP contribution in [0.5, 0.6) is 0 Å². The smallest absolute Gasteiger partial charge is 0.334 e. The molecule has 0 radical (unpaired) electrons. The van der Waals surface area contributed by atoms with Crippen molar-refractivity contribution in [2.75, 3.05) is 6.54 Å². The first kappa shape index (κ1) is 19.2. The molecule has 150 valence electrons. The summed E-state index contributed by atoms with van der Waals surface area (Å²) in [6.45, 7) is 2.91. The molecule has 0 spiro atoms. The van der Waals surface area contributed by atoms with Gasteiger partial charge in [0.15, 0.2) is 0 Å². The van der Waals surface area contributed by atoms with Crippen molar-refractivity contribution in [3.63, 3.8) is 0 Å². The predicted octanol–water partition coefficient (Wildman–Crippen LogP) is 4.61.